The Bertz CT molecular complexity index is 738. The molecule has 0 saturated carbocycles. The highest BCUT2D eigenvalue weighted by Crippen LogP contribution is 2.34. The summed E-state index contributed by atoms with van der Waals surface area (Å²) >= 11 is 7.37. The fraction of sp³-hybridized carbons (Fsp3) is 0.0667. The minimum atomic E-state index is -0.737. The quantitative estimate of drug-likeness (QED) is 0.721. The van der Waals surface area contributed by atoms with Gasteiger partial charge in [0.1, 0.15) is 11.9 Å². The van der Waals surface area contributed by atoms with Crippen molar-refractivity contribution in [2.24, 2.45) is 0 Å². The maximum atomic E-state index is 13.1. The largest absolute Gasteiger partial charge is 0.383 e. The summed E-state index contributed by atoms with van der Waals surface area (Å²) in [5, 5.41) is 11.7. The molecule has 4 heteroatoms. The molecule has 0 fully saturated rings. The molecule has 1 nitrogen and oxygen atoms in total. The van der Waals surface area contributed by atoms with Crippen LogP contribution in [-0.2, 0) is 0 Å². The number of hydrogen-bond donors (Lipinski definition) is 1. The van der Waals surface area contributed by atoms with E-state index >= 15 is 0 Å². The second-order valence-corrected chi connectivity index (χ2v) is 5.84. The third kappa shape index (κ3) is 2.50. The second-order valence-electron chi connectivity index (χ2n) is 4.29. The topological polar surface area (TPSA) is 20.2 Å². The van der Waals surface area contributed by atoms with Gasteiger partial charge in [-0.25, -0.2) is 4.39 Å². The Morgan fingerprint density at radius 3 is 2.74 bits per heavy atom. The molecule has 96 valence electrons. The van der Waals surface area contributed by atoms with Gasteiger partial charge in [-0.15, -0.1) is 11.3 Å². The van der Waals surface area contributed by atoms with Crippen molar-refractivity contribution in [3.8, 4) is 0 Å². The van der Waals surface area contributed by atoms with E-state index in [0.29, 0.717) is 5.02 Å². The van der Waals surface area contributed by atoms with Crippen molar-refractivity contribution in [3.05, 3.63) is 69.8 Å². The molecule has 0 radical (unpaired) electrons. The van der Waals surface area contributed by atoms with E-state index in [4.69, 9.17) is 11.6 Å². The van der Waals surface area contributed by atoms with E-state index < -0.39 is 6.10 Å². The Labute approximate surface area is 118 Å². The minimum absolute atomic E-state index is 0.269. The molecule has 1 aromatic heterocycles. The predicted octanol–water partition coefficient (Wildman–Crippen LogP) is 4.78. The Kier molecular flexibility index (Phi) is 3.27. The van der Waals surface area contributed by atoms with Crippen LogP contribution in [0.2, 0.25) is 5.02 Å². The first-order chi connectivity index (χ1) is 9.13. The van der Waals surface area contributed by atoms with Crippen LogP contribution in [-0.4, -0.2) is 5.11 Å². The molecule has 3 rings (SSSR count). The van der Waals surface area contributed by atoms with Gasteiger partial charge in [0.15, 0.2) is 0 Å². The summed E-state index contributed by atoms with van der Waals surface area (Å²) < 4.78 is 14.1. The molecule has 1 unspecified atom stereocenters. The van der Waals surface area contributed by atoms with Gasteiger partial charge in [-0.05, 0) is 47.3 Å². The van der Waals surface area contributed by atoms with Gasteiger partial charge in [-0.1, -0.05) is 23.7 Å². The van der Waals surface area contributed by atoms with Crippen molar-refractivity contribution in [2.45, 2.75) is 6.10 Å². The maximum Gasteiger partial charge on any atom is 0.123 e. The van der Waals surface area contributed by atoms with Gasteiger partial charge in [0.05, 0.1) is 0 Å². The molecule has 1 heterocycles. The van der Waals surface area contributed by atoms with E-state index in [9.17, 15) is 9.50 Å². The molecule has 0 amide bonds. The number of rotatable bonds is 2. The van der Waals surface area contributed by atoms with Crippen LogP contribution >= 0.6 is 22.9 Å². The third-order valence-corrected chi connectivity index (χ3v) is 4.33. The molecule has 0 aliphatic heterocycles. The lowest BCUT2D eigenvalue weighted by Crippen LogP contribution is -1.96. The normalized spacial score (nSPS) is 12.8. The molecule has 2 aromatic carbocycles. The van der Waals surface area contributed by atoms with Crippen molar-refractivity contribution < 1.29 is 9.50 Å². The lowest BCUT2D eigenvalue weighted by Gasteiger charge is -2.08. The van der Waals surface area contributed by atoms with Crippen molar-refractivity contribution in [3.63, 3.8) is 0 Å². The van der Waals surface area contributed by atoms with E-state index in [1.54, 1.807) is 24.3 Å². The molecule has 3 aromatic rings. The number of thiophene rings is 1. The third-order valence-electron chi connectivity index (χ3n) is 2.93. The lowest BCUT2D eigenvalue weighted by atomic mass is 10.1. The number of fused-ring (bicyclic) bond motifs is 1. The average molecular weight is 293 g/mol. The van der Waals surface area contributed by atoms with Crippen LogP contribution in [0.1, 0.15) is 16.5 Å². The maximum absolute atomic E-state index is 13.1. The summed E-state index contributed by atoms with van der Waals surface area (Å²) in [7, 11) is 0. The standard InChI is InChI=1S/C15H10ClFOS/c16-11-3-1-2-9(6-11)15(18)14-8-10-7-12(17)4-5-13(10)19-14/h1-8,15,18H. The van der Waals surface area contributed by atoms with Gasteiger partial charge in [0.25, 0.3) is 0 Å². The predicted molar refractivity (Wildman–Crippen MR) is 77.3 cm³/mol. The summed E-state index contributed by atoms with van der Waals surface area (Å²) in [6, 6.07) is 13.6. The van der Waals surface area contributed by atoms with Crippen LogP contribution in [0.5, 0.6) is 0 Å². The zero-order valence-electron chi connectivity index (χ0n) is 9.81. The van der Waals surface area contributed by atoms with Crippen LogP contribution in [0, 0.1) is 5.82 Å². The zero-order chi connectivity index (χ0) is 13.4. The van der Waals surface area contributed by atoms with Crippen LogP contribution in [0.4, 0.5) is 4.39 Å². The van der Waals surface area contributed by atoms with E-state index in [2.05, 4.69) is 0 Å². The monoisotopic (exact) mass is 292 g/mol. The van der Waals surface area contributed by atoms with Crippen molar-refractivity contribution in [1.29, 1.82) is 0 Å². The van der Waals surface area contributed by atoms with E-state index in [-0.39, 0.29) is 5.82 Å². The zero-order valence-corrected chi connectivity index (χ0v) is 11.4. The van der Waals surface area contributed by atoms with Gasteiger partial charge in [0, 0.05) is 14.6 Å². The number of aliphatic hydroxyl groups is 1. The van der Waals surface area contributed by atoms with Gasteiger partial charge in [0.2, 0.25) is 0 Å². The molecule has 1 N–H and O–H groups in total. The van der Waals surface area contributed by atoms with Crippen LogP contribution < -0.4 is 0 Å². The van der Waals surface area contributed by atoms with E-state index in [1.807, 2.05) is 12.1 Å². The molecule has 19 heavy (non-hydrogen) atoms. The Balaban J connectivity index is 2.04. The summed E-state index contributed by atoms with van der Waals surface area (Å²) in [6.07, 6.45) is -0.737. The number of halogens is 2. The first kappa shape index (κ1) is 12.6. The Morgan fingerprint density at radius 2 is 1.95 bits per heavy atom. The van der Waals surface area contributed by atoms with Gasteiger partial charge in [-0.2, -0.15) is 0 Å². The minimum Gasteiger partial charge on any atom is -0.383 e. The number of aliphatic hydroxyl groups excluding tert-OH is 1. The van der Waals surface area contributed by atoms with E-state index in [1.165, 1.54) is 23.5 Å². The number of benzene rings is 2. The summed E-state index contributed by atoms with van der Waals surface area (Å²) in [5.41, 5.74) is 0.736. The van der Waals surface area contributed by atoms with Crippen LogP contribution in [0.25, 0.3) is 10.1 Å². The highest BCUT2D eigenvalue weighted by Gasteiger charge is 2.14. The fourth-order valence-corrected chi connectivity index (χ4v) is 3.27. The van der Waals surface area contributed by atoms with Crippen LogP contribution in [0.3, 0.4) is 0 Å². The van der Waals surface area contributed by atoms with Crippen molar-refractivity contribution in [1.82, 2.24) is 0 Å². The smallest absolute Gasteiger partial charge is 0.123 e. The molecule has 0 aliphatic carbocycles. The second kappa shape index (κ2) is 4.93. The molecular weight excluding hydrogens is 283 g/mol. The van der Waals surface area contributed by atoms with Gasteiger partial charge >= 0.3 is 0 Å². The summed E-state index contributed by atoms with van der Waals surface area (Å²) in [4.78, 5) is 0.780. The molecular formula is C15H10ClFOS. The molecule has 0 spiro atoms. The van der Waals surface area contributed by atoms with Gasteiger partial charge < -0.3 is 5.11 Å². The SMILES string of the molecule is OC(c1cccc(Cl)c1)c1cc2cc(F)ccc2s1. The highest BCUT2D eigenvalue weighted by molar-refractivity contribution is 7.19. The number of hydrogen-bond acceptors (Lipinski definition) is 2. The van der Waals surface area contributed by atoms with Crippen molar-refractivity contribution in [2.75, 3.05) is 0 Å². The first-order valence-corrected chi connectivity index (χ1v) is 6.95. The Morgan fingerprint density at radius 1 is 1.11 bits per heavy atom. The van der Waals surface area contributed by atoms with Crippen molar-refractivity contribution >= 4 is 33.0 Å². The summed E-state index contributed by atoms with van der Waals surface area (Å²) in [6.45, 7) is 0. The first-order valence-electron chi connectivity index (χ1n) is 5.76. The molecule has 0 aliphatic rings. The fourth-order valence-electron chi connectivity index (χ4n) is 2.01. The summed E-state index contributed by atoms with van der Waals surface area (Å²) in [5.74, 6) is -0.269. The molecule has 1 atom stereocenters. The Hall–Kier alpha value is -1.42. The highest BCUT2D eigenvalue weighted by atomic mass is 35.5. The van der Waals surface area contributed by atoms with Gasteiger partial charge in [-0.3, -0.25) is 0 Å². The lowest BCUT2D eigenvalue weighted by molar-refractivity contribution is 0.224. The molecule has 0 saturated heterocycles. The van der Waals surface area contributed by atoms with E-state index in [0.717, 1.165) is 20.5 Å². The average Bonchev–Trinajstić information content (AvgIpc) is 2.80. The van der Waals surface area contributed by atoms with Crippen LogP contribution in [0.15, 0.2) is 48.5 Å². The molecule has 0 bridgehead atoms.